The molecule has 2 atom stereocenters. The molecule has 0 aliphatic carbocycles. The zero-order chi connectivity index (χ0) is 32.0. The molecule has 1 N–H and O–H groups in total. The minimum atomic E-state index is -1.67. The van der Waals surface area contributed by atoms with Crippen LogP contribution in [0.1, 0.15) is 85.1 Å². The minimum Gasteiger partial charge on any atom is -0.385 e. The van der Waals surface area contributed by atoms with Crippen molar-refractivity contribution in [1.82, 2.24) is 4.90 Å². The number of hydrogen-bond donors (Lipinski definition) is 1. The number of nitrogens with zero attached hydrogens (tertiary/aromatic N) is 1. The lowest BCUT2D eigenvalue weighted by atomic mass is 9.74. The van der Waals surface area contributed by atoms with Gasteiger partial charge >= 0.3 is 0 Å². The molecule has 44 heavy (non-hydrogen) atoms. The van der Waals surface area contributed by atoms with Crippen molar-refractivity contribution in [3.05, 3.63) is 104 Å². The number of methoxy groups -OCH3 is 1. The molecule has 2 aliphatic heterocycles. The fraction of sp³-hybridized carbons (Fsp3) is 0.429. The average molecular weight is 643 g/mol. The summed E-state index contributed by atoms with van der Waals surface area (Å²) in [7, 11) is 1.43. The summed E-state index contributed by atoms with van der Waals surface area (Å²) in [5.41, 5.74) is -1.59. The molecule has 0 radical (unpaired) electrons. The molecule has 1 fully saturated rings. The largest absolute Gasteiger partial charge is 0.385 e. The van der Waals surface area contributed by atoms with Crippen LogP contribution in [-0.4, -0.2) is 42.0 Å². The third-order valence-corrected chi connectivity index (χ3v) is 10.2. The van der Waals surface area contributed by atoms with Crippen molar-refractivity contribution in [2.24, 2.45) is 5.92 Å². The molecular formula is C35H38Cl2FNO5. The number of amides is 1. The lowest BCUT2D eigenvalue weighted by molar-refractivity contribution is -0.121. The Morgan fingerprint density at radius 1 is 1.09 bits per heavy atom. The SMILES string of the molecule is CC[C@@](O)(c1cc(F)c2c(c1)C(=O)N(Cc1ccc(Cl)cc1C(C)(C)C(C)=O)[C@@]2(OC)c1ccc(Cl)cc1)C1CCOCC1. The van der Waals surface area contributed by atoms with Crippen molar-refractivity contribution in [3.8, 4) is 0 Å². The number of halogens is 3. The van der Waals surface area contributed by atoms with E-state index < -0.39 is 28.5 Å². The number of hydrogen-bond acceptors (Lipinski definition) is 5. The minimum absolute atomic E-state index is 0.0139. The van der Waals surface area contributed by atoms with Gasteiger partial charge in [-0.2, -0.15) is 0 Å². The van der Waals surface area contributed by atoms with Crippen LogP contribution in [0.4, 0.5) is 4.39 Å². The van der Waals surface area contributed by atoms with E-state index >= 15 is 4.39 Å². The molecule has 5 rings (SSSR count). The first-order valence-corrected chi connectivity index (χ1v) is 15.6. The van der Waals surface area contributed by atoms with Crippen LogP contribution in [0.5, 0.6) is 0 Å². The number of aliphatic hydroxyl groups is 1. The Morgan fingerprint density at radius 2 is 1.73 bits per heavy atom. The Kier molecular flexibility index (Phi) is 9.02. The highest BCUT2D eigenvalue weighted by Crippen LogP contribution is 2.50. The molecule has 0 saturated carbocycles. The van der Waals surface area contributed by atoms with Crippen LogP contribution in [0, 0.1) is 11.7 Å². The predicted molar refractivity (Wildman–Crippen MR) is 168 cm³/mol. The maximum Gasteiger partial charge on any atom is 0.257 e. The molecule has 3 aromatic carbocycles. The van der Waals surface area contributed by atoms with Crippen LogP contribution >= 0.6 is 23.2 Å². The summed E-state index contributed by atoms with van der Waals surface area (Å²) in [6.45, 7) is 8.00. The fourth-order valence-electron chi connectivity index (χ4n) is 6.81. The van der Waals surface area contributed by atoms with Gasteiger partial charge in [-0.15, -0.1) is 0 Å². The van der Waals surface area contributed by atoms with Gasteiger partial charge in [-0.05, 0) is 99.0 Å². The van der Waals surface area contributed by atoms with Crippen molar-refractivity contribution < 1.29 is 28.6 Å². The number of ketones is 1. The number of Topliss-reactive ketones (excluding diaryl/α,β-unsaturated/α-hetero) is 1. The Morgan fingerprint density at radius 3 is 2.32 bits per heavy atom. The van der Waals surface area contributed by atoms with E-state index in [-0.39, 0.29) is 29.4 Å². The Bertz CT molecular complexity index is 1590. The monoisotopic (exact) mass is 641 g/mol. The normalized spacial score (nSPS) is 20.5. The van der Waals surface area contributed by atoms with Crippen LogP contribution in [-0.2, 0) is 37.6 Å². The van der Waals surface area contributed by atoms with Crippen molar-refractivity contribution in [2.75, 3.05) is 20.3 Å². The summed E-state index contributed by atoms with van der Waals surface area (Å²) < 4.78 is 28.4. The first-order chi connectivity index (χ1) is 20.8. The van der Waals surface area contributed by atoms with E-state index in [1.807, 2.05) is 20.8 Å². The number of benzene rings is 3. The quantitative estimate of drug-likeness (QED) is 0.261. The van der Waals surface area contributed by atoms with E-state index in [4.69, 9.17) is 32.7 Å². The molecule has 3 aromatic rings. The Hall–Kier alpha value is -2.81. The molecule has 2 aliphatic rings. The van der Waals surface area contributed by atoms with E-state index in [1.165, 1.54) is 25.0 Å². The van der Waals surface area contributed by atoms with Crippen molar-refractivity contribution in [2.45, 2.75) is 70.2 Å². The molecule has 9 heteroatoms. The lowest BCUT2D eigenvalue weighted by Crippen LogP contribution is -2.46. The molecule has 1 amide bonds. The predicted octanol–water partition coefficient (Wildman–Crippen LogP) is 7.53. The smallest absolute Gasteiger partial charge is 0.257 e. The molecule has 2 heterocycles. The maximum atomic E-state index is 16.7. The summed E-state index contributed by atoms with van der Waals surface area (Å²) in [5.74, 6) is -1.36. The van der Waals surface area contributed by atoms with Crippen molar-refractivity contribution >= 4 is 34.9 Å². The summed E-state index contributed by atoms with van der Waals surface area (Å²) >= 11 is 12.6. The summed E-state index contributed by atoms with van der Waals surface area (Å²) in [6, 6.07) is 14.9. The van der Waals surface area contributed by atoms with E-state index in [2.05, 4.69) is 0 Å². The second-order valence-electron chi connectivity index (χ2n) is 12.3. The average Bonchev–Trinajstić information content (AvgIpc) is 3.26. The van der Waals surface area contributed by atoms with E-state index in [0.717, 1.165) is 0 Å². The molecule has 0 bridgehead atoms. The number of fused-ring (bicyclic) bond motifs is 1. The molecular weight excluding hydrogens is 604 g/mol. The highest BCUT2D eigenvalue weighted by Gasteiger charge is 2.55. The first kappa shape index (κ1) is 32.6. The van der Waals surface area contributed by atoms with Gasteiger partial charge in [0.1, 0.15) is 11.6 Å². The van der Waals surface area contributed by atoms with Crippen LogP contribution < -0.4 is 0 Å². The van der Waals surface area contributed by atoms with Gasteiger partial charge in [0.05, 0.1) is 16.7 Å². The second-order valence-corrected chi connectivity index (χ2v) is 13.1. The highest BCUT2D eigenvalue weighted by atomic mass is 35.5. The molecule has 0 unspecified atom stereocenters. The van der Waals surface area contributed by atoms with Crippen molar-refractivity contribution in [1.29, 1.82) is 0 Å². The maximum absolute atomic E-state index is 16.7. The molecule has 0 spiro atoms. The Balaban J connectivity index is 1.73. The van der Waals surface area contributed by atoms with Gasteiger partial charge in [0.15, 0.2) is 5.72 Å². The molecule has 234 valence electrons. The van der Waals surface area contributed by atoms with Gasteiger partial charge in [-0.1, -0.05) is 48.3 Å². The van der Waals surface area contributed by atoms with Gasteiger partial charge in [0.2, 0.25) is 0 Å². The topological polar surface area (TPSA) is 76.1 Å². The van der Waals surface area contributed by atoms with E-state index in [0.29, 0.717) is 64.8 Å². The molecule has 0 aromatic heterocycles. The van der Waals surface area contributed by atoms with Crippen molar-refractivity contribution in [3.63, 3.8) is 0 Å². The number of carbonyl (C=O) groups excluding carboxylic acids is 2. The van der Waals surface area contributed by atoms with Gasteiger partial charge in [-0.3, -0.25) is 14.5 Å². The van der Waals surface area contributed by atoms with Crippen LogP contribution in [0.15, 0.2) is 54.6 Å². The highest BCUT2D eigenvalue weighted by molar-refractivity contribution is 6.31. The van der Waals surface area contributed by atoms with Gasteiger partial charge < -0.3 is 14.6 Å². The molecule has 6 nitrogen and oxygen atoms in total. The first-order valence-electron chi connectivity index (χ1n) is 14.9. The molecule has 1 saturated heterocycles. The Labute approximate surface area is 268 Å². The van der Waals surface area contributed by atoms with Gasteiger partial charge in [0.25, 0.3) is 5.91 Å². The zero-order valence-electron chi connectivity index (χ0n) is 25.7. The summed E-state index contributed by atoms with van der Waals surface area (Å²) in [6.07, 6.45) is 1.59. The third kappa shape index (κ3) is 5.27. The number of rotatable bonds is 9. The van der Waals surface area contributed by atoms with E-state index in [1.54, 1.807) is 48.5 Å². The lowest BCUT2D eigenvalue weighted by Gasteiger charge is -2.40. The van der Waals surface area contributed by atoms with Crippen LogP contribution in [0.25, 0.3) is 0 Å². The summed E-state index contributed by atoms with van der Waals surface area (Å²) in [5, 5.41) is 12.9. The third-order valence-electron chi connectivity index (χ3n) is 9.71. The summed E-state index contributed by atoms with van der Waals surface area (Å²) in [4.78, 5) is 28.8. The van der Waals surface area contributed by atoms with Crippen LogP contribution in [0.3, 0.4) is 0 Å². The van der Waals surface area contributed by atoms with E-state index in [9.17, 15) is 14.7 Å². The standard InChI is InChI=1S/C35H38Cl2FNO5/c1-6-34(42,23-13-15-44-16-14-23)25-17-28-31(30(38)18-25)35(43-5,24-8-11-26(36)12-9-24)39(32(28)41)20-22-7-10-27(37)19-29(22)33(3,4)21(2)40/h7-12,17-19,23,42H,6,13-16,20H2,1-5H3/t34-,35+/m0/s1. The number of carbonyl (C=O) groups is 2. The van der Waals surface area contributed by atoms with Gasteiger partial charge in [0, 0.05) is 47.9 Å². The zero-order valence-corrected chi connectivity index (χ0v) is 27.2. The van der Waals surface area contributed by atoms with Gasteiger partial charge in [-0.25, -0.2) is 4.39 Å². The fourth-order valence-corrected chi connectivity index (χ4v) is 7.11. The van der Waals surface area contributed by atoms with Crippen LogP contribution in [0.2, 0.25) is 10.0 Å². The number of ether oxygens (including phenoxy) is 2. The second kappa shape index (κ2) is 12.2.